The zero-order valence-corrected chi connectivity index (χ0v) is 16.2. The standard InChI is InChI=1S/C21H23N3O2S/c1-15(24-8-10-26-11-9-24)14-22-21(25)17-13-19(20-7-4-12-27-20)23-18-6-3-2-5-16(17)18/h2-7,12-13,15H,8-11,14H2,1H3,(H,22,25). The van der Waals surface area contributed by atoms with Gasteiger partial charge in [0, 0.05) is 31.1 Å². The third-order valence-corrected chi connectivity index (χ3v) is 5.85. The summed E-state index contributed by atoms with van der Waals surface area (Å²) in [7, 11) is 0. The predicted octanol–water partition coefficient (Wildman–Crippen LogP) is 3.41. The van der Waals surface area contributed by atoms with Crippen molar-refractivity contribution in [3.63, 3.8) is 0 Å². The van der Waals surface area contributed by atoms with E-state index in [4.69, 9.17) is 9.72 Å². The van der Waals surface area contributed by atoms with Crippen LogP contribution in [0.1, 0.15) is 17.3 Å². The Bertz CT molecular complexity index is 920. The number of hydrogen-bond donors (Lipinski definition) is 1. The highest BCUT2D eigenvalue weighted by Crippen LogP contribution is 2.27. The number of carbonyl (C=O) groups is 1. The Balaban J connectivity index is 1.57. The number of hydrogen-bond acceptors (Lipinski definition) is 5. The summed E-state index contributed by atoms with van der Waals surface area (Å²) < 4.78 is 5.41. The lowest BCUT2D eigenvalue weighted by molar-refractivity contribution is 0.0204. The van der Waals surface area contributed by atoms with Crippen molar-refractivity contribution in [2.45, 2.75) is 13.0 Å². The molecule has 2 aromatic heterocycles. The molecular formula is C21H23N3O2S. The Morgan fingerprint density at radius 2 is 2.07 bits per heavy atom. The Labute approximate surface area is 163 Å². The molecule has 6 heteroatoms. The van der Waals surface area contributed by atoms with E-state index in [1.807, 2.05) is 47.8 Å². The molecule has 1 fully saturated rings. The van der Waals surface area contributed by atoms with Crippen molar-refractivity contribution in [1.82, 2.24) is 15.2 Å². The van der Waals surface area contributed by atoms with E-state index in [0.29, 0.717) is 12.1 Å². The van der Waals surface area contributed by atoms with Crippen LogP contribution in [0.4, 0.5) is 0 Å². The Morgan fingerprint density at radius 1 is 1.26 bits per heavy atom. The first-order valence-electron chi connectivity index (χ1n) is 9.26. The molecule has 1 N–H and O–H groups in total. The van der Waals surface area contributed by atoms with Gasteiger partial charge in [-0.2, -0.15) is 0 Å². The maximum atomic E-state index is 13.0. The largest absolute Gasteiger partial charge is 0.379 e. The summed E-state index contributed by atoms with van der Waals surface area (Å²) in [6.45, 7) is 6.11. The molecule has 140 valence electrons. The predicted molar refractivity (Wildman–Crippen MR) is 109 cm³/mol. The van der Waals surface area contributed by atoms with Crippen molar-refractivity contribution in [3.05, 3.63) is 53.4 Å². The number of nitrogens with one attached hydrogen (secondary N) is 1. The number of para-hydroxylation sites is 1. The maximum Gasteiger partial charge on any atom is 0.252 e. The number of amides is 1. The van der Waals surface area contributed by atoms with Gasteiger partial charge in [-0.3, -0.25) is 9.69 Å². The molecule has 0 bridgehead atoms. The molecule has 1 aliphatic rings. The fourth-order valence-corrected chi connectivity index (χ4v) is 4.08. The summed E-state index contributed by atoms with van der Waals surface area (Å²) in [4.78, 5) is 21.1. The van der Waals surface area contributed by atoms with Crippen molar-refractivity contribution in [3.8, 4) is 10.6 Å². The molecular weight excluding hydrogens is 358 g/mol. The molecule has 1 aromatic carbocycles. The number of morpholine rings is 1. The molecule has 0 aliphatic carbocycles. The fourth-order valence-electron chi connectivity index (χ4n) is 3.40. The number of aromatic nitrogens is 1. The molecule has 5 nitrogen and oxygen atoms in total. The molecule has 3 heterocycles. The van der Waals surface area contributed by atoms with Gasteiger partial charge in [0.05, 0.1) is 34.9 Å². The average molecular weight is 382 g/mol. The molecule has 1 amide bonds. The van der Waals surface area contributed by atoms with Crippen molar-refractivity contribution in [2.75, 3.05) is 32.8 Å². The topological polar surface area (TPSA) is 54.5 Å². The number of rotatable bonds is 5. The first-order chi connectivity index (χ1) is 13.2. The average Bonchev–Trinajstić information content (AvgIpc) is 3.26. The van der Waals surface area contributed by atoms with E-state index in [1.54, 1.807) is 11.3 Å². The molecule has 3 aromatic rings. The second kappa shape index (κ2) is 8.17. The van der Waals surface area contributed by atoms with Crippen LogP contribution in [0.25, 0.3) is 21.5 Å². The Morgan fingerprint density at radius 3 is 2.85 bits per heavy atom. The van der Waals surface area contributed by atoms with Gasteiger partial charge in [0.1, 0.15) is 0 Å². The molecule has 0 saturated carbocycles. The van der Waals surface area contributed by atoms with Gasteiger partial charge in [-0.15, -0.1) is 11.3 Å². The fraction of sp³-hybridized carbons (Fsp3) is 0.333. The third kappa shape index (κ3) is 4.03. The second-order valence-corrected chi connectivity index (χ2v) is 7.70. The minimum absolute atomic E-state index is 0.0495. The molecule has 1 unspecified atom stereocenters. The van der Waals surface area contributed by atoms with E-state index >= 15 is 0 Å². The minimum Gasteiger partial charge on any atom is -0.379 e. The van der Waals surface area contributed by atoms with Crippen LogP contribution < -0.4 is 5.32 Å². The SMILES string of the molecule is CC(CNC(=O)c1cc(-c2cccs2)nc2ccccc12)N1CCOCC1. The van der Waals surface area contributed by atoms with Gasteiger partial charge < -0.3 is 10.1 Å². The van der Waals surface area contributed by atoms with E-state index in [9.17, 15) is 4.79 Å². The second-order valence-electron chi connectivity index (χ2n) is 6.76. The molecule has 1 saturated heterocycles. The summed E-state index contributed by atoms with van der Waals surface area (Å²) in [6, 6.07) is 14.0. The highest BCUT2D eigenvalue weighted by atomic mass is 32.1. The van der Waals surface area contributed by atoms with Crippen molar-refractivity contribution in [2.24, 2.45) is 0 Å². The van der Waals surface area contributed by atoms with Crippen LogP contribution in [0.2, 0.25) is 0 Å². The first kappa shape index (κ1) is 18.1. The first-order valence-corrected chi connectivity index (χ1v) is 10.1. The van der Waals surface area contributed by atoms with E-state index in [0.717, 1.165) is 47.8 Å². The van der Waals surface area contributed by atoms with Gasteiger partial charge in [-0.25, -0.2) is 4.98 Å². The minimum atomic E-state index is -0.0495. The highest BCUT2D eigenvalue weighted by Gasteiger charge is 2.19. The van der Waals surface area contributed by atoms with Crippen LogP contribution in [0.5, 0.6) is 0 Å². The molecule has 0 spiro atoms. The van der Waals surface area contributed by atoms with Gasteiger partial charge >= 0.3 is 0 Å². The molecule has 1 aliphatic heterocycles. The van der Waals surface area contributed by atoms with Crippen LogP contribution in [-0.4, -0.2) is 54.7 Å². The smallest absolute Gasteiger partial charge is 0.252 e. The number of pyridine rings is 1. The maximum absolute atomic E-state index is 13.0. The molecule has 0 radical (unpaired) electrons. The van der Waals surface area contributed by atoms with E-state index in [-0.39, 0.29) is 11.9 Å². The van der Waals surface area contributed by atoms with E-state index in [2.05, 4.69) is 17.1 Å². The lowest BCUT2D eigenvalue weighted by Crippen LogP contribution is -2.47. The normalized spacial score (nSPS) is 16.3. The number of ether oxygens (including phenoxy) is 1. The van der Waals surface area contributed by atoms with Crippen LogP contribution in [0.3, 0.4) is 0 Å². The van der Waals surface area contributed by atoms with Crippen LogP contribution in [0.15, 0.2) is 47.8 Å². The van der Waals surface area contributed by atoms with Gasteiger partial charge in [0.15, 0.2) is 0 Å². The summed E-state index contributed by atoms with van der Waals surface area (Å²) in [5, 5.41) is 6.02. The van der Waals surface area contributed by atoms with Crippen molar-refractivity contribution < 1.29 is 9.53 Å². The number of nitrogens with zero attached hydrogens (tertiary/aromatic N) is 2. The van der Waals surface area contributed by atoms with Crippen LogP contribution in [0, 0.1) is 0 Å². The van der Waals surface area contributed by atoms with Crippen molar-refractivity contribution in [1.29, 1.82) is 0 Å². The van der Waals surface area contributed by atoms with E-state index in [1.165, 1.54) is 0 Å². The lowest BCUT2D eigenvalue weighted by Gasteiger charge is -2.32. The van der Waals surface area contributed by atoms with Gasteiger partial charge in [-0.05, 0) is 30.5 Å². The quantitative estimate of drug-likeness (QED) is 0.736. The Hall–Kier alpha value is -2.28. The zero-order valence-electron chi connectivity index (χ0n) is 15.4. The number of carbonyl (C=O) groups excluding carboxylic acids is 1. The lowest BCUT2D eigenvalue weighted by atomic mass is 10.1. The number of fused-ring (bicyclic) bond motifs is 1. The summed E-state index contributed by atoms with van der Waals surface area (Å²) >= 11 is 1.63. The van der Waals surface area contributed by atoms with Gasteiger partial charge in [-0.1, -0.05) is 24.3 Å². The van der Waals surface area contributed by atoms with Gasteiger partial charge in [0.2, 0.25) is 0 Å². The van der Waals surface area contributed by atoms with Crippen LogP contribution >= 0.6 is 11.3 Å². The number of thiophene rings is 1. The molecule has 4 rings (SSSR count). The summed E-state index contributed by atoms with van der Waals surface area (Å²) in [6.07, 6.45) is 0. The number of benzene rings is 1. The molecule has 1 atom stereocenters. The van der Waals surface area contributed by atoms with E-state index < -0.39 is 0 Å². The monoisotopic (exact) mass is 381 g/mol. The zero-order chi connectivity index (χ0) is 18.6. The van der Waals surface area contributed by atoms with Crippen LogP contribution in [-0.2, 0) is 4.74 Å². The molecule has 27 heavy (non-hydrogen) atoms. The highest BCUT2D eigenvalue weighted by molar-refractivity contribution is 7.13. The van der Waals surface area contributed by atoms with Crippen molar-refractivity contribution >= 4 is 28.1 Å². The Kier molecular flexibility index (Phi) is 5.48. The summed E-state index contributed by atoms with van der Waals surface area (Å²) in [5.74, 6) is -0.0495. The summed E-state index contributed by atoms with van der Waals surface area (Å²) in [5.41, 5.74) is 2.36. The third-order valence-electron chi connectivity index (χ3n) is 4.96. The van der Waals surface area contributed by atoms with Gasteiger partial charge in [0.25, 0.3) is 5.91 Å².